The van der Waals surface area contributed by atoms with E-state index in [0.29, 0.717) is 22.9 Å². The molecule has 1 N–H and O–H groups in total. The van der Waals surface area contributed by atoms with Gasteiger partial charge in [-0.15, -0.1) is 0 Å². The molecule has 0 saturated heterocycles. The van der Waals surface area contributed by atoms with Gasteiger partial charge in [-0.25, -0.2) is 0 Å². The minimum absolute atomic E-state index is 0.154. The molecule has 0 spiro atoms. The Hall–Kier alpha value is -1.10. The lowest BCUT2D eigenvalue weighted by atomic mass is 9.89. The Bertz CT molecular complexity index is 504. The van der Waals surface area contributed by atoms with Gasteiger partial charge in [0.15, 0.2) is 0 Å². The van der Waals surface area contributed by atoms with Gasteiger partial charge in [-0.05, 0) is 37.7 Å². The fraction of sp³-hybridized carbons (Fsp3) is 0.571. The minimum atomic E-state index is -0.160. The third-order valence-electron chi connectivity index (χ3n) is 3.69. The van der Waals surface area contributed by atoms with Crippen LogP contribution < -0.4 is 10.9 Å². The number of carbonyl (C=O) groups excluding carboxylic acids is 1. The van der Waals surface area contributed by atoms with Gasteiger partial charge < -0.3 is 9.88 Å². The molecule has 1 aliphatic rings. The zero-order valence-corrected chi connectivity index (χ0v) is 12.6. The smallest absolute Gasteiger partial charge is 0.251 e. The molecule has 1 heterocycles. The quantitative estimate of drug-likeness (QED) is 0.864. The molecule has 104 valence electrons. The van der Waals surface area contributed by atoms with E-state index >= 15 is 0 Å². The van der Waals surface area contributed by atoms with Gasteiger partial charge in [-0.3, -0.25) is 9.59 Å². The van der Waals surface area contributed by atoms with Crippen molar-refractivity contribution in [1.29, 1.82) is 0 Å². The van der Waals surface area contributed by atoms with Crippen LogP contribution in [0.3, 0.4) is 0 Å². The number of hydrogen-bond donors (Lipinski definition) is 1. The first kappa shape index (κ1) is 14.3. The first-order valence-electron chi connectivity index (χ1n) is 6.65. The molecule has 2 rings (SSSR count). The summed E-state index contributed by atoms with van der Waals surface area (Å²) in [6.45, 7) is 0.702. The van der Waals surface area contributed by atoms with Crippen molar-refractivity contribution in [1.82, 2.24) is 9.88 Å². The van der Waals surface area contributed by atoms with E-state index in [2.05, 4.69) is 21.2 Å². The van der Waals surface area contributed by atoms with Crippen LogP contribution in [0.4, 0.5) is 0 Å². The molecule has 0 radical (unpaired) electrons. The third-order valence-corrected chi connectivity index (χ3v) is 4.61. The Balaban J connectivity index is 1.87. The Morgan fingerprint density at radius 2 is 2.11 bits per heavy atom. The number of alkyl halides is 1. The second kappa shape index (κ2) is 6.37. The SMILES string of the molecule is Cn1ccc(C(=O)NCC2CCC(Br)CC2)cc1=O. The van der Waals surface area contributed by atoms with Crippen molar-refractivity contribution >= 4 is 21.8 Å². The molecule has 4 nitrogen and oxygen atoms in total. The number of nitrogens with one attached hydrogen (secondary N) is 1. The van der Waals surface area contributed by atoms with Gasteiger partial charge in [0.05, 0.1) is 0 Å². The van der Waals surface area contributed by atoms with E-state index in [9.17, 15) is 9.59 Å². The molecule has 0 bridgehead atoms. The second-order valence-corrected chi connectivity index (χ2v) is 6.49. The number of halogens is 1. The van der Waals surface area contributed by atoms with E-state index in [4.69, 9.17) is 0 Å². The molecule has 1 aliphatic carbocycles. The van der Waals surface area contributed by atoms with Crippen molar-refractivity contribution in [3.63, 3.8) is 0 Å². The number of nitrogens with zero attached hydrogens (tertiary/aromatic N) is 1. The first-order valence-corrected chi connectivity index (χ1v) is 7.57. The summed E-state index contributed by atoms with van der Waals surface area (Å²) in [6, 6.07) is 3.05. The predicted octanol–water partition coefficient (Wildman–Crippen LogP) is 2.07. The highest BCUT2D eigenvalue weighted by molar-refractivity contribution is 9.09. The molecular formula is C14H19BrN2O2. The summed E-state index contributed by atoms with van der Waals surface area (Å²) in [6.07, 6.45) is 6.26. The van der Waals surface area contributed by atoms with Gasteiger partial charge in [0, 0.05) is 36.2 Å². The predicted molar refractivity (Wildman–Crippen MR) is 78.7 cm³/mol. The van der Waals surface area contributed by atoms with Crippen LogP contribution in [0.5, 0.6) is 0 Å². The molecular weight excluding hydrogens is 308 g/mol. The molecule has 1 fully saturated rings. The molecule has 5 heteroatoms. The largest absolute Gasteiger partial charge is 0.352 e. The van der Waals surface area contributed by atoms with E-state index in [0.717, 1.165) is 12.8 Å². The van der Waals surface area contributed by atoms with Crippen LogP contribution in [0.1, 0.15) is 36.0 Å². The van der Waals surface area contributed by atoms with E-state index in [1.54, 1.807) is 19.3 Å². The van der Waals surface area contributed by atoms with Crippen LogP contribution in [0, 0.1) is 5.92 Å². The normalized spacial score (nSPS) is 23.1. The van der Waals surface area contributed by atoms with Gasteiger partial charge in [-0.2, -0.15) is 0 Å². The lowest BCUT2D eigenvalue weighted by molar-refractivity contribution is 0.0943. The molecule has 1 aromatic heterocycles. The number of amides is 1. The zero-order valence-electron chi connectivity index (χ0n) is 11.1. The highest BCUT2D eigenvalue weighted by Gasteiger charge is 2.19. The van der Waals surface area contributed by atoms with Gasteiger partial charge in [0.25, 0.3) is 11.5 Å². The van der Waals surface area contributed by atoms with Gasteiger partial charge in [0.1, 0.15) is 0 Å². The summed E-state index contributed by atoms with van der Waals surface area (Å²) >= 11 is 3.62. The summed E-state index contributed by atoms with van der Waals surface area (Å²) < 4.78 is 1.45. The highest BCUT2D eigenvalue weighted by Crippen LogP contribution is 2.28. The lowest BCUT2D eigenvalue weighted by Crippen LogP contribution is -2.32. The number of aromatic nitrogens is 1. The fourth-order valence-corrected chi connectivity index (χ4v) is 2.88. The second-order valence-electron chi connectivity index (χ2n) is 5.19. The van der Waals surface area contributed by atoms with Gasteiger partial charge in [0.2, 0.25) is 0 Å². The molecule has 0 aliphatic heterocycles. The first-order chi connectivity index (χ1) is 9.06. The van der Waals surface area contributed by atoms with Crippen LogP contribution in [-0.4, -0.2) is 21.8 Å². The molecule has 1 saturated carbocycles. The topological polar surface area (TPSA) is 51.1 Å². The Morgan fingerprint density at radius 1 is 1.42 bits per heavy atom. The van der Waals surface area contributed by atoms with Crippen LogP contribution in [-0.2, 0) is 7.05 Å². The molecule has 0 aromatic carbocycles. The maximum Gasteiger partial charge on any atom is 0.251 e. The Labute approximate surface area is 121 Å². The number of aryl methyl sites for hydroxylation is 1. The van der Waals surface area contributed by atoms with E-state index in [-0.39, 0.29) is 11.5 Å². The molecule has 0 unspecified atom stereocenters. The lowest BCUT2D eigenvalue weighted by Gasteiger charge is -2.25. The summed E-state index contributed by atoms with van der Waals surface area (Å²) in [4.78, 5) is 24.0. The van der Waals surface area contributed by atoms with E-state index in [1.165, 1.54) is 23.5 Å². The summed E-state index contributed by atoms with van der Waals surface area (Å²) in [5, 5.41) is 2.93. The maximum absolute atomic E-state index is 11.9. The summed E-state index contributed by atoms with van der Waals surface area (Å²) in [5.41, 5.74) is 0.282. The zero-order chi connectivity index (χ0) is 13.8. The van der Waals surface area contributed by atoms with Crippen LogP contribution >= 0.6 is 15.9 Å². The Kier molecular flexibility index (Phi) is 4.80. The van der Waals surface area contributed by atoms with Gasteiger partial charge in [-0.1, -0.05) is 15.9 Å². The van der Waals surface area contributed by atoms with E-state index in [1.807, 2.05) is 0 Å². The average molecular weight is 327 g/mol. The fourth-order valence-electron chi connectivity index (χ4n) is 2.35. The number of pyridine rings is 1. The van der Waals surface area contributed by atoms with Crippen molar-refractivity contribution in [3.05, 3.63) is 34.2 Å². The maximum atomic E-state index is 11.9. The molecule has 0 atom stereocenters. The summed E-state index contributed by atoms with van der Waals surface area (Å²) in [5.74, 6) is 0.406. The van der Waals surface area contributed by atoms with Crippen molar-refractivity contribution in [2.75, 3.05) is 6.54 Å². The number of rotatable bonds is 3. The van der Waals surface area contributed by atoms with Crippen LogP contribution in [0.25, 0.3) is 0 Å². The Morgan fingerprint density at radius 3 is 2.74 bits per heavy atom. The van der Waals surface area contributed by atoms with Crippen molar-refractivity contribution in [3.8, 4) is 0 Å². The van der Waals surface area contributed by atoms with Crippen LogP contribution in [0.15, 0.2) is 23.1 Å². The third kappa shape index (κ3) is 3.93. The molecule has 1 amide bonds. The van der Waals surface area contributed by atoms with Crippen molar-refractivity contribution < 1.29 is 4.79 Å². The number of hydrogen-bond acceptors (Lipinski definition) is 2. The van der Waals surface area contributed by atoms with E-state index < -0.39 is 0 Å². The molecule has 19 heavy (non-hydrogen) atoms. The standard InChI is InChI=1S/C14H19BrN2O2/c1-17-7-6-11(8-13(17)18)14(19)16-9-10-2-4-12(15)5-3-10/h6-8,10,12H,2-5,9H2,1H3,(H,16,19). The molecule has 1 aromatic rings. The minimum Gasteiger partial charge on any atom is -0.352 e. The average Bonchev–Trinajstić information content (AvgIpc) is 2.41. The van der Waals surface area contributed by atoms with Crippen molar-refractivity contribution in [2.45, 2.75) is 30.5 Å². The highest BCUT2D eigenvalue weighted by atomic mass is 79.9. The number of carbonyl (C=O) groups is 1. The van der Waals surface area contributed by atoms with Gasteiger partial charge >= 0.3 is 0 Å². The monoisotopic (exact) mass is 326 g/mol. The van der Waals surface area contributed by atoms with Crippen LogP contribution in [0.2, 0.25) is 0 Å². The summed E-state index contributed by atoms with van der Waals surface area (Å²) in [7, 11) is 1.67. The van der Waals surface area contributed by atoms with Crippen molar-refractivity contribution in [2.24, 2.45) is 13.0 Å².